The number of non-ortho nitro benzene ring substituents is 1. The molecule has 0 aliphatic rings. The van der Waals surface area contributed by atoms with E-state index in [1.807, 2.05) is 31.4 Å². The molecule has 3 rings (SSSR count). The second-order valence-corrected chi connectivity index (χ2v) is 6.42. The van der Waals surface area contributed by atoms with E-state index in [0.717, 1.165) is 34.4 Å². The lowest BCUT2D eigenvalue weighted by Crippen LogP contribution is -2.03. The minimum atomic E-state index is -0.519. The monoisotopic (exact) mass is 394 g/mol. The number of nitrogens with one attached hydrogen (secondary N) is 1. The van der Waals surface area contributed by atoms with E-state index in [1.165, 1.54) is 18.2 Å². The quantitative estimate of drug-likeness (QED) is 0.381. The number of nitro groups is 2. The summed E-state index contributed by atoms with van der Waals surface area (Å²) in [6.45, 7) is 5.70. The molecule has 0 spiro atoms. The van der Waals surface area contributed by atoms with E-state index in [4.69, 9.17) is 0 Å². The van der Waals surface area contributed by atoms with Crippen molar-refractivity contribution in [3.63, 3.8) is 0 Å². The molecule has 0 radical (unpaired) electrons. The number of aryl methyl sites for hydroxylation is 2. The van der Waals surface area contributed by atoms with Gasteiger partial charge in [-0.15, -0.1) is 0 Å². The topological polar surface area (TPSA) is 128 Å². The molecule has 0 unspecified atom stereocenters. The molecule has 0 amide bonds. The summed E-state index contributed by atoms with van der Waals surface area (Å²) < 4.78 is 2.00. The van der Waals surface area contributed by atoms with Gasteiger partial charge in [-0.25, -0.2) is 4.98 Å². The van der Waals surface area contributed by atoms with Crippen molar-refractivity contribution in [3.05, 3.63) is 85.3 Å². The number of benzene rings is 1. The molecule has 148 valence electrons. The average molecular weight is 394 g/mol. The van der Waals surface area contributed by atoms with Crippen LogP contribution in [-0.4, -0.2) is 25.6 Å². The van der Waals surface area contributed by atoms with Crippen LogP contribution in [0.2, 0.25) is 0 Å². The van der Waals surface area contributed by atoms with Crippen LogP contribution in [0.1, 0.15) is 22.5 Å². The average Bonchev–Trinajstić information content (AvgIpc) is 2.95. The Morgan fingerprint density at radius 3 is 2.31 bits per heavy atom. The lowest BCUT2D eigenvalue weighted by Gasteiger charge is -2.12. The van der Waals surface area contributed by atoms with Crippen LogP contribution < -0.4 is 5.43 Å². The van der Waals surface area contributed by atoms with Gasteiger partial charge in [0.05, 0.1) is 16.1 Å². The van der Waals surface area contributed by atoms with Crippen molar-refractivity contribution in [2.45, 2.75) is 20.8 Å². The van der Waals surface area contributed by atoms with Gasteiger partial charge in [0, 0.05) is 40.8 Å². The van der Waals surface area contributed by atoms with Gasteiger partial charge in [0.2, 0.25) is 0 Å². The number of rotatable bonds is 6. The number of anilines is 1. The summed E-state index contributed by atoms with van der Waals surface area (Å²) in [4.78, 5) is 24.6. The highest BCUT2D eigenvalue weighted by Gasteiger charge is 2.14. The number of pyridine rings is 1. The third kappa shape index (κ3) is 4.10. The summed E-state index contributed by atoms with van der Waals surface area (Å²) >= 11 is 0. The third-order valence-electron chi connectivity index (χ3n) is 4.44. The summed E-state index contributed by atoms with van der Waals surface area (Å²) in [5.74, 6) is 0.381. The molecule has 2 aromatic heterocycles. The molecule has 29 heavy (non-hydrogen) atoms. The number of hydrazone groups is 1. The predicted molar refractivity (Wildman–Crippen MR) is 109 cm³/mol. The lowest BCUT2D eigenvalue weighted by molar-refractivity contribution is -0.385. The summed E-state index contributed by atoms with van der Waals surface area (Å²) in [7, 11) is 0. The van der Waals surface area contributed by atoms with Gasteiger partial charge < -0.3 is 4.57 Å². The number of nitro benzene ring substituents is 1. The normalized spacial score (nSPS) is 11.0. The molecule has 0 bridgehead atoms. The Balaban J connectivity index is 1.83. The van der Waals surface area contributed by atoms with Crippen molar-refractivity contribution in [2.75, 3.05) is 5.43 Å². The molecule has 0 fully saturated rings. The Hall–Kier alpha value is -4.08. The molecule has 0 saturated carbocycles. The maximum atomic E-state index is 11.0. The highest BCUT2D eigenvalue weighted by Crippen LogP contribution is 2.25. The van der Waals surface area contributed by atoms with Crippen LogP contribution >= 0.6 is 0 Å². The Bertz CT molecular complexity index is 1120. The zero-order valence-corrected chi connectivity index (χ0v) is 16.0. The van der Waals surface area contributed by atoms with Gasteiger partial charge in [-0.2, -0.15) is 5.10 Å². The first-order valence-electron chi connectivity index (χ1n) is 8.62. The van der Waals surface area contributed by atoms with Crippen molar-refractivity contribution >= 4 is 23.4 Å². The number of hydrogen-bond donors (Lipinski definition) is 1. The molecule has 10 nitrogen and oxygen atoms in total. The summed E-state index contributed by atoms with van der Waals surface area (Å²) in [5.41, 5.74) is 7.07. The van der Waals surface area contributed by atoms with Crippen LogP contribution in [0.3, 0.4) is 0 Å². The maximum absolute atomic E-state index is 11.0. The van der Waals surface area contributed by atoms with Crippen molar-refractivity contribution in [2.24, 2.45) is 5.10 Å². The number of aromatic nitrogens is 2. The molecule has 0 saturated heterocycles. The zero-order chi connectivity index (χ0) is 21.1. The fraction of sp³-hybridized carbons (Fsp3) is 0.158. The van der Waals surface area contributed by atoms with E-state index in [2.05, 4.69) is 15.5 Å². The Morgan fingerprint density at radius 2 is 1.72 bits per heavy atom. The zero-order valence-electron chi connectivity index (χ0n) is 16.0. The Labute approximate surface area is 165 Å². The summed E-state index contributed by atoms with van der Waals surface area (Å²) in [6.07, 6.45) is 2.78. The fourth-order valence-electron chi connectivity index (χ4n) is 3.02. The molecule has 0 atom stereocenters. The van der Waals surface area contributed by atoms with E-state index < -0.39 is 9.85 Å². The van der Waals surface area contributed by atoms with E-state index >= 15 is 0 Å². The van der Waals surface area contributed by atoms with Gasteiger partial charge in [0.25, 0.3) is 11.4 Å². The minimum absolute atomic E-state index is 0.0512. The van der Waals surface area contributed by atoms with E-state index in [-0.39, 0.29) is 11.4 Å². The summed E-state index contributed by atoms with van der Waals surface area (Å²) in [6, 6.07) is 9.52. The van der Waals surface area contributed by atoms with Gasteiger partial charge in [-0.1, -0.05) is 0 Å². The first kappa shape index (κ1) is 19.7. The van der Waals surface area contributed by atoms with E-state index in [9.17, 15) is 20.2 Å². The molecule has 0 aliphatic carbocycles. The van der Waals surface area contributed by atoms with E-state index in [1.54, 1.807) is 18.3 Å². The van der Waals surface area contributed by atoms with Crippen molar-refractivity contribution < 1.29 is 9.85 Å². The molecular formula is C19H18N6O4. The molecule has 1 N–H and O–H groups in total. The van der Waals surface area contributed by atoms with Crippen molar-refractivity contribution in [1.82, 2.24) is 9.55 Å². The van der Waals surface area contributed by atoms with Gasteiger partial charge in [-0.3, -0.25) is 25.7 Å². The van der Waals surface area contributed by atoms with E-state index in [0.29, 0.717) is 5.82 Å². The van der Waals surface area contributed by atoms with Gasteiger partial charge >= 0.3 is 0 Å². The maximum Gasteiger partial charge on any atom is 0.287 e. The van der Waals surface area contributed by atoms with Crippen LogP contribution in [0.5, 0.6) is 0 Å². The molecule has 1 aromatic carbocycles. The fourth-order valence-corrected chi connectivity index (χ4v) is 3.02. The van der Waals surface area contributed by atoms with Crippen LogP contribution in [0.4, 0.5) is 17.2 Å². The highest BCUT2D eigenvalue weighted by molar-refractivity contribution is 5.82. The largest absolute Gasteiger partial charge is 0.318 e. The molecular weight excluding hydrogens is 376 g/mol. The van der Waals surface area contributed by atoms with Gasteiger partial charge in [-0.05, 0) is 44.5 Å². The summed E-state index contributed by atoms with van der Waals surface area (Å²) in [5, 5.41) is 25.8. The second kappa shape index (κ2) is 7.89. The molecule has 3 aromatic rings. The standard InChI is InChI=1S/C19H18N6O4/c1-12-8-16(24(26)27)4-6-18(12)23-13(2)9-15(14(23)3)10-21-22-19-7-5-17(11-20-19)25(28)29/h4-11H,1-3H3,(H,20,22). The molecule has 0 aliphatic heterocycles. The SMILES string of the molecule is Cc1cc([N+](=O)[O-])ccc1-n1c(C)cc(C=NNc2ccc([N+](=O)[O-])cn2)c1C. The van der Waals surface area contributed by atoms with Crippen molar-refractivity contribution in [1.29, 1.82) is 0 Å². The first-order valence-corrected chi connectivity index (χ1v) is 8.62. The Kier molecular flexibility index (Phi) is 5.35. The van der Waals surface area contributed by atoms with Crippen LogP contribution in [0.15, 0.2) is 47.7 Å². The van der Waals surface area contributed by atoms with Crippen molar-refractivity contribution in [3.8, 4) is 5.69 Å². The predicted octanol–water partition coefficient (Wildman–Crippen LogP) is 4.06. The number of hydrogen-bond acceptors (Lipinski definition) is 7. The smallest absolute Gasteiger partial charge is 0.287 e. The molecule has 2 heterocycles. The van der Waals surface area contributed by atoms with Gasteiger partial charge in [0.15, 0.2) is 0 Å². The minimum Gasteiger partial charge on any atom is -0.318 e. The third-order valence-corrected chi connectivity index (χ3v) is 4.44. The van der Waals surface area contributed by atoms with Gasteiger partial charge in [0.1, 0.15) is 12.0 Å². The number of nitrogens with zero attached hydrogens (tertiary/aromatic N) is 5. The second-order valence-electron chi connectivity index (χ2n) is 6.42. The highest BCUT2D eigenvalue weighted by atomic mass is 16.6. The first-order chi connectivity index (χ1) is 13.8. The van der Waals surface area contributed by atoms with Crippen LogP contribution in [0.25, 0.3) is 5.69 Å². The molecule has 10 heteroatoms. The Morgan fingerprint density at radius 1 is 1.03 bits per heavy atom. The lowest BCUT2D eigenvalue weighted by atomic mass is 10.1. The van der Waals surface area contributed by atoms with Crippen LogP contribution in [-0.2, 0) is 0 Å². The van der Waals surface area contributed by atoms with Crippen LogP contribution in [0, 0.1) is 41.0 Å².